The van der Waals surface area contributed by atoms with Crippen LogP contribution in [0.1, 0.15) is 31.7 Å². The number of ether oxygens (including phenoxy) is 1. The second-order valence-corrected chi connectivity index (χ2v) is 9.26. The Hall–Kier alpha value is -3.66. The first-order chi connectivity index (χ1) is 17.6. The standard InChI is InChI=1S/C26H33N7O3/c1-2-3-8-31-9-5-14-36-20-7-4-6-19(15-20)27-16-21-23-24(30-26(21)35)28-18-29-25(23)33-12-10-32(11-13-33)22(34)17-31/h4,6-7,15-16,18,35H,2-3,5,8-14,17H2,1H3,(H,28,29,30). The highest BCUT2D eigenvalue weighted by molar-refractivity contribution is 6.06. The summed E-state index contributed by atoms with van der Waals surface area (Å²) in [5.41, 5.74) is 1.81. The summed E-state index contributed by atoms with van der Waals surface area (Å²) in [5.74, 6) is 1.62. The van der Waals surface area contributed by atoms with E-state index in [1.165, 1.54) is 6.33 Å². The minimum absolute atomic E-state index is 0.00483. The van der Waals surface area contributed by atoms with E-state index in [1.807, 2.05) is 29.2 Å². The molecule has 3 aliphatic rings. The van der Waals surface area contributed by atoms with Crippen molar-refractivity contribution in [3.8, 4) is 11.6 Å². The number of piperazine rings is 1. The quantitative estimate of drug-likeness (QED) is 0.580. The third kappa shape index (κ3) is 5.28. The van der Waals surface area contributed by atoms with E-state index in [0.717, 1.165) is 55.0 Å². The molecule has 0 atom stereocenters. The van der Waals surface area contributed by atoms with Crippen LogP contribution in [-0.2, 0) is 4.79 Å². The van der Waals surface area contributed by atoms with Gasteiger partial charge in [0.1, 0.15) is 23.5 Å². The fourth-order valence-corrected chi connectivity index (χ4v) is 4.76. The Labute approximate surface area is 210 Å². The molecule has 2 aromatic heterocycles. The zero-order valence-corrected chi connectivity index (χ0v) is 20.7. The number of aliphatic imine (C=N–C) groups is 1. The van der Waals surface area contributed by atoms with Crippen LogP contribution in [0.5, 0.6) is 11.6 Å². The third-order valence-electron chi connectivity index (χ3n) is 6.75. The van der Waals surface area contributed by atoms with Crippen LogP contribution in [0.4, 0.5) is 11.5 Å². The number of hydrogen-bond acceptors (Lipinski definition) is 8. The Morgan fingerprint density at radius 3 is 2.78 bits per heavy atom. The number of carbonyl (C=O) groups is 1. The molecule has 6 rings (SSSR count). The van der Waals surface area contributed by atoms with Crippen molar-refractivity contribution in [2.45, 2.75) is 26.2 Å². The van der Waals surface area contributed by atoms with Gasteiger partial charge in [0.15, 0.2) is 5.88 Å². The molecule has 1 fully saturated rings. The number of unbranched alkanes of at least 4 members (excludes halogenated alkanes) is 1. The summed E-state index contributed by atoms with van der Waals surface area (Å²) in [6.45, 7) is 7.45. The number of anilines is 1. The molecular formula is C26H33N7O3. The predicted octanol–water partition coefficient (Wildman–Crippen LogP) is 2.95. The van der Waals surface area contributed by atoms with Gasteiger partial charge in [-0.2, -0.15) is 0 Å². The molecule has 190 valence electrons. The number of rotatable bonds is 3. The molecule has 2 N–H and O–H groups in total. The fourth-order valence-electron chi connectivity index (χ4n) is 4.76. The largest absolute Gasteiger partial charge is 0.494 e. The highest BCUT2D eigenvalue weighted by Gasteiger charge is 2.26. The van der Waals surface area contributed by atoms with E-state index in [0.29, 0.717) is 50.5 Å². The highest BCUT2D eigenvalue weighted by Crippen LogP contribution is 2.32. The summed E-state index contributed by atoms with van der Waals surface area (Å²) in [5, 5.41) is 11.3. The molecule has 4 bridgehead atoms. The maximum atomic E-state index is 13.1. The van der Waals surface area contributed by atoms with Crippen molar-refractivity contribution in [1.82, 2.24) is 24.8 Å². The van der Waals surface area contributed by atoms with E-state index in [-0.39, 0.29) is 11.8 Å². The minimum Gasteiger partial charge on any atom is -0.494 e. The van der Waals surface area contributed by atoms with E-state index in [2.05, 4.69) is 36.7 Å². The molecule has 36 heavy (non-hydrogen) atoms. The minimum atomic E-state index is -0.00483. The average molecular weight is 492 g/mol. The lowest BCUT2D eigenvalue weighted by Crippen LogP contribution is -2.51. The molecule has 5 heterocycles. The van der Waals surface area contributed by atoms with Crippen molar-refractivity contribution in [3.05, 3.63) is 36.2 Å². The number of nitrogens with one attached hydrogen (secondary N) is 1. The van der Waals surface area contributed by atoms with Crippen molar-refractivity contribution in [1.29, 1.82) is 0 Å². The molecule has 1 aromatic carbocycles. The zero-order valence-electron chi connectivity index (χ0n) is 20.7. The van der Waals surface area contributed by atoms with Crippen LogP contribution in [0.25, 0.3) is 11.0 Å². The molecule has 0 aliphatic carbocycles. The summed E-state index contributed by atoms with van der Waals surface area (Å²) in [7, 11) is 0. The smallest absolute Gasteiger partial charge is 0.236 e. The van der Waals surface area contributed by atoms with Gasteiger partial charge in [-0.1, -0.05) is 19.4 Å². The number of benzene rings is 1. The van der Waals surface area contributed by atoms with E-state index in [9.17, 15) is 9.90 Å². The van der Waals surface area contributed by atoms with Crippen molar-refractivity contribution < 1.29 is 14.6 Å². The Morgan fingerprint density at radius 1 is 1.11 bits per heavy atom. The Kier molecular flexibility index (Phi) is 7.31. The number of hydrogen-bond donors (Lipinski definition) is 2. The fraction of sp³-hybridized carbons (Fsp3) is 0.462. The van der Waals surface area contributed by atoms with Gasteiger partial charge < -0.3 is 24.6 Å². The molecule has 3 aliphatic heterocycles. The molecule has 1 saturated heterocycles. The lowest BCUT2D eigenvalue weighted by atomic mass is 10.2. The lowest BCUT2D eigenvalue weighted by molar-refractivity contribution is -0.132. The monoisotopic (exact) mass is 491 g/mol. The van der Waals surface area contributed by atoms with Crippen molar-refractivity contribution in [3.63, 3.8) is 0 Å². The Bertz CT molecular complexity index is 1230. The van der Waals surface area contributed by atoms with E-state index in [4.69, 9.17) is 4.74 Å². The Morgan fingerprint density at radius 2 is 1.94 bits per heavy atom. The van der Waals surface area contributed by atoms with Crippen LogP contribution in [0.15, 0.2) is 35.6 Å². The second-order valence-electron chi connectivity index (χ2n) is 9.26. The zero-order chi connectivity index (χ0) is 24.9. The molecule has 0 spiro atoms. The number of carbonyl (C=O) groups excluding carboxylic acids is 1. The van der Waals surface area contributed by atoms with Gasteiger partial charge in [-0.3, -0.25) is 14.7 Å². The van der Waals surface area contributed by atoms with Gasteiger partial charge in [-0.05, 0) is 31.5 Å². The lowest BCUT2D eigenvalue weighted by Gasteiger charge is -2.36. The number of aromatic amines is 1. The van der Waals surface area contributed by atoms with Gasteiger partial charge in [0, 0.05) is 45.0 Å². The van der Waals surface area contributed by atoms with Gasteiger partial charge in [0.2, 0.25) is 5.91 Å². The van der Waals surface area contributed by atoms with Crippen LogP contribution in [0.3, 0.4) is 0 Å². The number of H-pyrrole nitrogens is 1. The predicted molar refractivity (Wildman–Crippen MR) is 140 cm³/mol. The number of aromatic nitrogens is 3. The third-order valence-corrected chi connectivity index (χ3v) is 6.75. The second kappa shape index (κ2) is 10.9. The molecule has 0 saturated carbocycles. The summed E-state index contributed by atoms with van der Waals surface area (Å²) in [6, 6.07) is 7.59. The summed E-state index contributed by atoms with van der Waals surface area (Å²) >= 11 is 0. The Balaban J connectivity index is 1.48. The van der Waals surface area contributed by atoms with Crippen LogP contribution < -0.4 is 9.64 Å². The van der Waals surface area contributed by atoms with Gasteiger partial charge in [-0.25, -0.2) is 9.97 Å². The van der Waals surface area contributed by atoms with Gasteiger partial charge in [-0.15, -0.1) is 0 Å². The molecule has 1 amide bonds. The first-order valence-electron chi connectivity index (χ1n) is 12.7. The van der Waals surface area contributed by atoms with Gasteiger partial charge in [0.25, 0.3) is 0 Å². The summed E-state index contributed by atoms with van der Waals surface area (Å²) in [4.78, 5) is 35.9. The molecule has 10 nitrogen and oxygen atoms in total. The van der Waals surface area contributed by atoms with Crippen LogP contribution in [-0.4, -0.2) is 94.4 Å². The van der Waals surface area contributed by atoms with E-state index < -0.39 is 0 Å². The van der Waals surface area contributed by atoms with Gasteiger partial charge in [0.05, 0.1) is 29.8 Å². The van der Waals surface area contributed by atoms with Crippen molar-refractivity contribution >= 4 is 34.7 Å². The number of amides is 1. The van der Waals surface area contributed by atoms with Crippen molar-refractivity contribution in [2.24, 2.45) is 4.99 Å². The topological polar surface area (TPSA) is 110 Å². The first-order valence-corrected chi connectivity index (χ1v) is 12.7. The number of aromatic hydroxyl groups is 1. The number of fused-ring (bicyclic) bond motifs is 8. The first kappa shape index (κ1) is 24.1. The molecular weight excluding hydrogens is 458 g/mol. The van der Waals surface area contributed by atoms with Crippen LogP contribution in [0, 0.1) is 0 Å². The molecule has 3 aromatic rings. The summed E-state index contributed by atoms with van der Waals surface area (Å²) < 4.78 is 5.98. The average Bonchev–Trinajstić information content (AvgIpc) is 3.23. The van der Waals surface area contributed by atoms with E-state index in [1.54, 1.807) is 6.21 Å². The van der Waals surface area contributed by atoms with Gasteiger partial charge >= 0.3 is 0 Å². The van der Waals surface area contributed by atoms with Crippen LogP contribution in [0.2, 0.25) is 0 Å². The number of nitrogens with zero attached hydrogens (tertiary/aromatic N) is 6. The maximum absolute atomic E-state index is 13.1. The summed E-state index contributed by atoms with van der Waals surface area (Å²) in [6.07, 6.45) is 6.13. The van der Waals surface area contributed by atoms with Crippen LogP contribution >= 0.6 is 0 Å². The molecule has 10 heteroatoms. The SMILES string of the molecule is CCCCN1CCCOc2cccc(c2)N=Cc2c(O)[nH]c3ncnc(c23)N2CCN(CC2)C(=O)C1. The van der Waals surface area contributed by atoms with Crippen molar-refractivity contribution in [2.75, 3.05) is 57.3 Å². The molecule has 0 unspecified atom stereocenters. The normalized spacial score (nSPS) is 17.6. The van der Waals surface area contributed by atoms with E-state index >= 15 is 0 Å². The highest BCUT2D eigenvalue weighted by atomic mass is 16.5. The maximum Gasteiger partial charge on any atom is 0.236 e. The molecule has 0 radical (unpaired) electrons.